The Hall–Kier alpha value is -3.80. The van der Waals surface area contributed by atoms with Crippen LogP contribution in [0.2, 0.25) is 0 Å². The normalized spacial score (nSPS) is 18.6. The third-order valence-electron chi connectivity index (χ3n) is 6.41. The van der Waals surface area contributed by atoms with Crippen LogP contribution in [0.4, 0.5) is 5.69 Å². The highest BCUT2D eigenvalue weighted by atomic mass is 16.7. The molecule has 174 valence electrons. The summed E-state index contributed by atoms with van der Waals surface area (Å²) < 4.78 is 11.1. The minimum absolute atomic E-state index is 0.0597. The molecule has 2 aliphatic heterocycles. The molecule has 2 unspecified atom stereocenters. The molecular weight excluding hydrogens is 428 g/mol. The highest BCUT2D eigenvalue weighted by molar-refractivity contribution is 6.04. The zero-order valence-corrected chi connectivity index (χ0v) is 19.6. The third-order valence-corrected chi connectivity index (χ3v) is 6.41. The zero-order chi connectivity index (χ0) is 23.8. The first-order chi connectivity index (χ1) is 16.5. The van der Waals surface area contributed by atoms with Gasteiger partial charge in [-0.3, -0.25) is 9.59 Å². The summed E-state index contributed by atoms with van der Waals surface area (Å²) in [5, 5.41) is 3.13. The van der Waals surface area contributed by atoms with Crippen molar-refractivity contribution in [2.24, 2.45) is 0 Å². The van der Waals surface area contributed by atoms with Crippen molar-refractivity contribution < 1.29 is 19.1 Å². The van der Waals surface area contributed by atoms with Crippen molar-refractivity contribution in [3.63, 3.8) is 0 Å². The summed E-state index contributed by atoms with van der Waals surface area (Å²) >= 11 is 0. The topological polar surface area (TPSA) is 67.9 Å². The summed E-state index contributed by atoms with van der Waals surface area (Å²) in [7, 11) is 0. The van der Waals surface area contributed by atoms with Gasteiger partial charge in [-0.05, 0) is 72.9 Å². The molecule has 0 spiro atoms. The van der Waals surface area contributed by atoms with Gasteiger partial charge >= 0.3 is 0 Å². The predicted molar refractivity (Wildman–Crippen MR) is 130 cm³/mol. The number of fused-ring (bicyclic) bond motifs is 2. The van der Waals surface area contributed by atoms with Crippen molar-refractivity contribution in [2.75, 3.05) is 18.7 Å². The average molecular weight is 457 g/mol. The second-order valence-corrected chi connectivity index (χ2v) is 8.99. The predicted octanol–water partition coefficient (Wildman–Crippen LogP) is 5.36. The molecule has 0 aliphatic carbocycles. The molecule has 3 aromatic carbocycles. The van der Waals surface area contributed by atoms with E-state index in [1.807, 2.05) is 80.3 Å². The smallest absolute Gasteiger partial charge is 0.254 e. The molecule has 0 saturated heterocycles. The Morgan fingerprint density at radius 1 is 1.00 bits per heavy atom. The van der Waals surface area contributed by atoms with Gasteiger partial charge in [0.25, 0.3) is 5.91 Å². The van der Waals surface area contributed by atoms with Crippen molar-refractivity contribution in [1.82, 2.24) is 4.90 Å². The molecule has 34 heavy (non-hydrogen) atoms. The number of carbonyl (C=O) groups is 2. The van der Waals surface area contributed by atoms with E-state index >= 15 is 0 Å². The Morgan fingerprint density at radius 3 is 2.50 bits per heavy atom. The standard InChI is InChI=1S/C28H28N2O4/c1-4-11-30-26(19-9-10-23-24(15-19)34-16-33-23)25(21-7-5-6-8-22(21)28(30)32)27(31)29-20-13-17(2)12-18(3)14-20/h5-10,12-15,25-26H,4,11,16H2,1-3H3,(H,29,31). The van der Waals surface area contributed by atoms with Gasteiger partial charge in [-0.15, -0.1) is 0 Å². The monoisotopic (exact) mass is 456 g/mol. The Morgan fingerprint density at radius 2 is 1.74 bits per heavy atom. The molecule has 2 atom stereocenters. The van der Waals surface area contributed by atoms with Crippen LogP contribution in [0.5, 0.6) is 11.5 Å². The summed E-state index contributed by atoms with van der Waals surface area (Å²) in [4.78, 5) is 29.3. The molecule has 3 aromatic rings. The Labute approximate surface area is 199 Å². The van der Waals surface area contributed by atoms with Gasteiger partial charge in [0.1, 0.15) is 0 Å². The van der Waals surface area contributed by atoms with Gasteiger partial charge in [-0.25, -0.2) is 0 Å². The molecule has 0 saturated carbocycles. The minimum Gasteiger partial charge on any atom is -0.454 e. The number of hydrogen-bond donors (Lipinski definition) is 1. The van der Waals surface area contributed by atoms with E-state index in [-0.39, 0.29) is 18.6 Å². The molecule has 1 N–H and O–H groups in total. The van der Waals surface area contributed by atoms with Gasteiger partial charge in [0, 0.05) is 17.8 Å². The van der Waals surface area contributed by atoms with Crippen LogP contribution in [0.1, 0.15) is 57.9 Å². The van der Waals surface area contributed by atoms with E-state index < -0.39 is 12.0 Å². The third kappa shape index (κ3) is 3.89. The first kappa shape index (κ1) is 22.0. The number of nitrogens with zero attached hydrogens (tertiary/aromatic N) is 1. The lowest BCUT2D eigenvalue weighted by molar-refractivity contribution is -0.119. The summed E-state index contributed by atoms with van der Waals surface area (Å²) in [6.07, 6.45) is 0.778. The lowest BCUT2D eigenvalue weighted by atomic mass is 9.79. The number of hydrogen-bond acceptors (Lipinski definition) is 4. The number of ether oxygens (including phenoxy) is 2. The fraction of sp³-hybridized carbons (Fsp3) is 0.286. The van der Waals surface area contributed by atoms with E-state index in [0.29, 0.717) is 23.6 Å². The first-order valence-electron chi connectivity index (χ1n) is 11.6. The van der Waals surface area contributed by atoms with E-state index in [1.165, 1.54) is 0 Å². The molecule has 0 fully saturated rings. The summed E-state index contributed by atoms with van der Waals surface area (Å²) in [6.45, 7) is 6.76. The van der Waals surface area contributed by atoms with Crippen molar-refractivity contribution in [3.05, 3.63) is 88.5 Å². The second-order valence-electron chi connectivity index (χ2n) is 8.99. The van der Waals surface area contributed by atoms with Gasteiger partial charge in [-0.1, -0.05) is 37.3 Å². The average Bonchev–Trinajstić information content (AvgIpc) is 3.28. The maximum atomic E-state index is 13.9. The Bertz CT molecular complexity index is 1250. The van der Waals surface area contributed by atoms with Crippen molar-refractivity contribution in [2.45, 2.75) is 39.2 Å². The number of benzene rings is 3. The SMILES string of the molecule is CCCN1C(=O)c2ccccc2C(C(=O)Nc2cc(C)cc(C)c2)C1c1ccc2c(c1)OCO2. The fourth-order valence-electron chi connectivity index (χ4n) is 5.10. The Kier molecular flexibility index (Phi) is 5.74. The van der Waals surface area contributed by atoms with Gasteiger partial charge in [0.05, 0.1) is 12.0 Å². The van der Waals surface area contributed by atoms with E-state index in [0.717, 1.165) is 34.4 Å². The van der Waals surface area contributed by atoms with Crippen LogP contribution in [0.3, 0.4) is 0 Å². The Balaban J connectivity index is 1.63. The molecule has 6 heteroatoms. The number of amides is 2. The van der Waals surface area contributed by atoms with Crippen LogP contribution in [-0.2, 0) is 4.79 Å². The van der Waals surface area contributed by atoms with E-state index in [4.69, 9.17) is 9.47 Å². The maximum absolute atomic E-state index is 13.9. The number of carbonyl (C=O) groups excluding carboxylic acids is 2. The van der Waals surface area contributed by atoms with E-state index in [9.17, 15) is 9.59 Å². The minimum atomic E-state index is -0.582. The van der Waals surface area contributed by atoms with Crippen molar-refractivity contribution >= 4 is 17.5 Å². The summed E-state index contributed by atoms with van der Waals surface area (Å²) in [6, 6.07) is 18.6. The van der Waals surface area contributed by atoms with Gasteiger partial charge < -0.3 is 19.7 Å². The van der Waals surface area contributed by atoms with Crippen molar-refractivity contribution in [1.29, 1.82) is 0 Å². The number of aryl methyl sites for hydroxylation is 2. The molecular formula is C28H28N2O4. The van der Waals surface area contributed by atoms with Crippen LogP contribution in [0.25, 0.3) is 0 Å². The van der Waals surface area contributed by atoms with Crippen LogP contribution in [-0.4, -0.2) is 30.1 Å². The van der Waals surface area contributed by atoms with Crippen LogP contribution >= 0.6 is 0 Å². The van der Waals surface area contributed by atoms with Crippen LogP contribution < -0.4 is 14.8 Å². The molecule has 5 rings (SSSR count). The summed E-state index contributed by atoms with van der Waals surface area (Å²) in [5.74, 6) is 0.518. The molecule has 2 amide bonds. The maximum Gasteiger partial charge on any atom is 0.254 e. The van der Waals surface area contributed by atoms with E-state index in [1.54, 1.807) is 0 Å². The number of rotatable bonds is 5. The van der Waals surface area contributed by atoms with Crippen LogP contribution in [0.15, 0.2) is 60.7 Å². The molecule has 2 aliphatic rings. The van der Waals surface area contributed by atoms with Crippen molar-refractivity contribution in [3.8, 4) is 11.5 Å². The molecule has 0 radical (unpaired) electrons. The highest BCUT2D eigenvalue weighted by Crippen LogP contribution is 2.45. The lowest BCUT2D eigenvalue weighted by Crippen LogP contribution is -2.46. The first-order valence-corrected chi connectivity index (χ1v) is 11.6. The second kappa shape index (κ2) is 8.86. The lowest BCUT2D eigenvalue weighted by Gasteiger charge is -2.41. The molecule has 2 heterocycles. The largest absolute Gasteiger partial charge is 0.454 e. The van der Waals surface area contributed by atoms with Gasteiger partial charge in [0.2, 0.25) is 12.7 Å². The highest BCUT2D eigenvalue weighted by Gasteiger charge is 2.44. The molecule has 0 aromatic heterocycles. The molecule has 0 bridgehead atoms. The van der Waals surface area contributed by atoms with Crippen LogP contribution in [0, 0.1) is 13.8 Å². The number of anilines is 1. The summed E-state index contributed by atoms with van der Waals surface area (Å²) in [5.41, 5.74) is 5.08. The fourth-order valence-corrected chi connectivity index (χ4v) is 5.10. The molecule has 6 nitrogen and oxygen atoms in total. The quantitative estimate of drug-likeness (QED) is 0.561. The van der Waals surface area contributed by atoms with Gasteiger partial charge in [0.15, 0.2) is 11.5 Å². The van der Waals surface area contributed by atoms with Gasteiger partial charge in [-0.2, -0.15) is 0 Å². The zero-order valence-electron chi connectivity index (χ0n) is 19.6. The van der Waals surface area contributed by atoms with E-state index in [2.05, 4.69) is 11.4 Å². The number of nitrogens with one attached hydrogen (secondary N) is 1.